The SMILES string of the molecule is Cc1ocnc1C(=O)N1CCNC(C)C1.Cl. The molecule has 1 amide bonds. The number of piperazine rings is 1. The molecule has 1 aromatic rings. The van der Waals surface area contributed by atoms with Gasteiger partial charge in [-0.15, -0.1) is 12.4 Å². The molecular weight excluding hydrogens is 230 g/mol. The molecule has 5 nitrogen and oxygen atoms in total. The molecule has 1 N–H and O–H groups in total. The highest BCUT2D eigenvalue weighted by Gasteiger charge is 2.24. The van der Waals surface area contributed by atoms with Crippen LogP contribution >= 0.6 is 12.4 Å². The molecule has 0 bridgehead atoms. The maximum Gasteiger partial charge on any atom is 0.276 e. The Hall–Kier alpha value is -1.07. The van der Waals surface area contributed by atoms with E-state index in [2.05, 4.69) is 17.2 Å². The first-order chi connectivity index (χ1) is 7.18. The summed E-state index contributed by atoms with van der Waals surface area (Å²) in [5.41, 5.74) is 0.434. The van der Waals surface area contributed by atoms with Gasteiger partial charge in [-0.05, 0) is 13.8 Å². The normalized spacial score (nSPS) is 20.4. The summed E-state index contributed by atoms with van der Waals surface area (Å²) in [6.45, 7) is 6.12. The maximum absolute atomic E-state index is 12.0. The minimum Gasteiger partial charge on any atom is -0.448 e. The molecule has 1 fully saturated rings. The van der Waals surface area contributed by atoms with E-state index in [0.29, 0.717) is 17.5 Å². The second-order valence-electron chi connectivity index (χ2n) is 3.86. The van der Waals surface area contributed by atoms with Crippen LogP contribution in [0.15, 0.2) is 10.8 Å². The number of aryl methyl sites for hydroxylation is 1. The molecule has 6 heteroatoms. The number of nitrogens with zero attached hydrogens (tertiary/aromatic N) is 2. The van der Waals surface area contributed by atoms with Gasteiger partial charge >= 0.3 is 0 Å². The highest BCUT2D eigenvalue weighted by molar-refractivity contribution is 5.93. The van der Waals surface area contributed by atoms with E-state index in [-0.39, 0.29) is 18.3 Å². The highest BCUT2D eigenvalue weighted by atomic mass is 35.5. The third-order valence-corrected chi connectivity index (χ3v) is 2.60. The van der Waals surface area contributed by atoms with E-state index in [1.165, 1.54) is 6.39 Å². The van der Waals surface area contributed by atoms with Crippen LogP contribution in [0.1, 0.15) is 23.2 Å². The van der Waals surface area contributed by atoms with Crippen LogP contribution in [0.2, 0.25) is 0 Å². The van der Waals surface area contributed by atoms with Gasteiger partial charge in [0.1, 0.15) is 5.76 Å². The number of rotatable bonds is 1. The minimum atomic E-state index is -0.0328. The standard InChI is InChI=1S/C10H15N3O2.ClH/c1-7-5-13(4-3-11-7)10(14)9-8(2)15-6-12-9;/h6-7,11H,3-5H2,1-2H3;1H. The third-order valence-electron chi connectivity index (χ3n) is 2.60. The average molecular weight is 246 g/mol. The van der Waals surface area contributed by atoms with Crippen molar-refractivity contribution in [2.75, 3.05) is 19.6 Å². The first-order valence-corrected chi connectivity index (χ1v) is 5.11. The average Bonchev–Trinajstić information content (AvgIpc) is 2.63. The van der Waals surface area contributed by atoms with Crippen molar-refractivity contribution >= 4 is 18.3 Å². The van der Waals surface area contributed by atoms with Crippen molar-refractivity contribution in [3.63, 3.8) is 0 Å². The Balaban J connectivity index is 0.00000128. The summed E-state index contributed by atoms with van der Waals surface area (Å²) in [5.74, 6) is 0.556. The van der Waals surface area contributed by atoms with Gasteiger partial charge in [0.15, 0.2) is 12.1 Å². The predicted octanol–water partition coefficient (Wildman–Crippen LogP) is 0.839. The number of halogens is 1. The number of oxazole rings is 1. The molecule has 90 valence electrons. The van der Waals surface area contributed by atoms with Crippen molar-refractivity contribution < 1.29 is 9.21 Å². The Bertz CT molecular complexity index is 367. The number of amides is 1. The number of hydrogen-bond acceptors (Lipinski definition) is 4. The number of carbonyl (C=O) groups is 1. The molecule has 2 heterocycles. The second-order valence-corrected chi connectivity index (χ2v) is 3.86. The summed E-state index contributed by atoms with van der Waals surface area (Å²) in [5, 5.41) is 3.29. The van der Waals surface area contributed by atoms with Crippen molar-refractivity contribution in [1.29, 1.82) is 0 Å². The Morgan fingerprint density at radius 2 is 2.44 bits per heavy atom. The minimum absolute atomic E-state index is 0. The van der Waals surface area contributed by atoms with E-state index in [4.69, 9.17) is 4.42 Å². The molecule has 2 rings (SSSR count). The van der Waals surface area contributed by atoms with Crippen LogP contribution in [0, 0.1) is 6.92 Å². The van der Waals surface area contributed by atoms with Gasteiger partial charge in [0, 0.05) is 25.7 Å². The molecule has 1 aromatic heterocycles. The van der Waals surface area contributed by atoms with E-state index in [1.807, 2.05) is 4.90 Å². The van der Waals surface area contributed by atoms with E-state index < -0.39 is 0 Å². The molecule has 0 saturated carbocycles. The first-order valence-electron chi connectivity index (χ1n) is 5.11. The van der Waals surface area contributed by atoms with Crippen LogP contribution in [0.25, 0.3) is 0 Å². The lowest BCUT2D eigenvalue weighted by atomic mass is 10.2. The van der Waals surface area contributed by atoms with Crippen molar-refractivity contribution in [1.82, 2.24) is 15.2 Å². The molecule has 1 unspecified atom stereocenters. The summed E-state index contributed by atoms with van der Waals surface area (Å²) < 4.78 is 5.03. The lowest BCUT2D eigenvalue weighted by molar-refractivity contribution is 0.0702. The molecule has 1 saturated heterocycles. The van der Waals surface area contributed by atoms with Gasteiger partial charge in [-0.25, -0.2) is 4.98 Å². The van der Waals surface area contributed by atoms with Crippen LogP contribution in [0.3, 0.4) is 0 Å². The molecule has 0 spiro atoms. The monoisotopic (exact) mass is 245 g/mol. The van der Waals surface area contributed by atoms with Gasteiger partial charge in [-0.1, -0.05) is 0 Å². The van der Waals surface area contributed by atoms with Gasteiger partial charge in [0.05, 0.1) is 0 Å². The molecule has 1 aliphatic heterocycles. The van der Waals surface area contributed by atoms with E-state index in [0.717, 1.165) is 19.6 Å². The Morgan fingerprint density at radius 3 is 3.00 bits per heavy atom. The zero-order valence-electron chi connectivity index (χ0n) is 9.40. The summed E-state index contributed by atoms with van der Waals surface area (Å²) >= 11 is 0. The van der Waals surface area contributed by atoms with Crippen LogP contribution in [0.5, 0.6) is 0 Å². The Morgan fingerprint density at radius 1 is 1.69 bits per heavy atom. The topological polar surface area (TPSA) is 58.4 Å². The summed E-state index contributed by atoms with van der Waals surface area (Å²) in [7, 11) is 0. The highest BCUT2D eigenvalue weighted by Crippen LogP contribution is 2.10. The zero-order chi connectivity index (χ0) is 10.8. The predicted molar refractivity (Wildman–Crippen MR) is 61.9 cm³/mol. The third kappa shape index (κ3) is 2.54. The molecule has 0 aromatic carbocycles. The fourth-order valence-corrected chi connectivity index (χ4v) is 1.78. The number of hydrogen-bond donors (Lipinski definition) is 1. The van der Waals surface area contributed by atoms with Crippen LogP contribution in [-0.2, 0) is 0 Å². The summed E-state index contributed by atoms with van der Waals surface area (Å²) in [4.78, 5) is 17.8. The fourth-order valence-electron chi connectivity index (χ4n) is 1.78. The largest absolute Gasteiger partial charge is 0.448 e. The summed E-state index contributed by atoms with van der Waals surface area (Å²) in [6.07, 6.45) is 1.31. The van der Waals surface area contributed by atoms with E-state index in [9.17, 15) is 4.79 Å². The van der Waals surface area contributed by atoms with Crippen LogP contribution in [0.4, 0.5) is 0 Å². The van der Waals surface area contributed by atoms with Gasteiger partial charge in [-0.2, -0.15) is 0 Å². The van der Waals surface area contributed by atoms with Crippen LogP contribution < -0.4 is 5.32 Å². The lowest BCUT2D eigenvalue weighted by Crippen LogP contribution is -2.51. The Kier molecular flexibility index (Phi) is 4.32. The van der Waals surface area contributed by atoms with Crippen molar-refractivity contribution in [3.8, 4) is 0 Å². The van der Waals surface area contributed by atoms with Gasteiger partial charge in [0.25, 0.3) is 5.91 Å². The molecule has 1 atom stereocenters. The van der Waals surface area contributed by atoms with E-state index in [1.54, 1.807) is 6.92 Å². The molecule has 16 heavy (non-hydrogen) atoms. The van der Waals surface area contributed by atoms with Crippen LogP contribution in [-0.4, -0.2) is 41.5 Å². The quantitative estimate of drug-likeness (QED) is 0.797. The summed E-state index contributed by atoms with van der Waals surface area (Å²) in [6, 6.07) is 0.343. The van der Waals surface area contributed by atoms with Gasteiger partial charge < -0.3 is 14.6 Å². The van der Waals surface area contributed by atoms with Gasteiger partial charge in [0.2, 0.25) is 0 Å². The van der Waals surface area contributed by atoms with E-state index >= 15 is 0 Å². The van der Waals surface area contributed by atoms with Crippen molar-refractivity contribution in [2.45, 2.75) is 19.9 Å². The molecule has 0 radical (unpaired) electrons. The van der Waals surface area contributed by atoms with Crippen molar-refractivity contribution in [2.24, 2.45) is 0 Å². The number of carbonyl (C=O) groups excluding carboxylic acids is 1. The Labute approximate surface area is 101 Å². The second kappa shape index (κ2) is 5.32. The molecule has 0 aliphatic carbocycles. The lowest BCUT2D eigenvalue weighted by Gasteiger charge is -2.31. The number of nitrogens with one attached hydrogen (secondary N) is 1. The smallest absolute Gasteiger partial charge is 0.276 e. The van der Waals surface area contributed by atoms with Gasteiger partial charge in [-0.3, -0.25) is 4.79 Å². The zero-order valence-corrected chi connectivity index (χ0v) is 10.2. The molecule has 1 aliphatic rings. The fraction of sp³-hybridized carbons (Fsp3) is 0.600. The van der Waals surface area contributed by atoms with Crippen molar-refractivity contribution in [3.05, 3.63) is 17.8 Å². The first kappa shape index (κ1) is 13.0. The number of aromatic nitrogens is 1. The maximum atomic E-state index is 12.0. The molecular formula is C10H16ClN3O2.